The molecule has 1 aromatic carbocycles. The van der Waals surface area contributed by atoms with Crippen molar-refractivity contribution in [3.63, 3.8) is 0 Å². The van der Waals surface area contributed by atoms with Crippen LogP contribution in [0.2, 0.25) is 0 Å². The average molecular weight is 167 g/mol. The predicted octanol–water partition coefficient (Wildman–Crippen LogP) is 0.907. The van der Waals surface area contributed by atoms with Crippen LogP contribution in [0.1, 0.15) is 5.56 Å². The Hall–Kier alpha value is -1.58. The number of anilines is 3. The van der Waals surface area contributed by atoms with Crippen molar-refractivity contribution >= 4 is 17.1 Å². The number of phenolic OH excluding ortho intramolecular Hbond substituents is 1. The van der Waals surface area contributed by atoms with Gasteiger partial charge in [-0.2, -0.15) is 0 Å². The highest BCUT2D eigenvalue weighted by Gasteiger charge is 2.08. The fourth-order valence-electron chi connectivity index (χ4n) is 1.04. The largest absolute Gasteiger partial charge is 0.506 e. The molecule has 4 heteroatoms. The maximum absolute atomic E-state index is 9.32. The van der Waals surface area contributed by atoms with Crippen LogP contribution in [0.5, 0.6) is 5.75 Å². The Kier molecular flexibility index (Phi) is 1.99. The lowest BCUT2D eigenvalue weighted by molar-refractivity contribution is 0.478. The molecule has 0 aliphatic carbocycles. The van der Waals surface area contributed by atoms with Gasteiger partial charge in [0.05, 0.1) is 17.1 Å². The van der Waals surface area contributed by atoms with E-state index in [0.29, 0.717) is 22.6 Å². The van der Waals surface area contributed by atoms with E-state index < -0.39 is 0 Å². The second-order valence-electron chi connectivity index (χ2n) is 2.65. The van der Waals surface area contributed by atoms with Crippen LogP contribution in [-0.4, -0.2) is 12.2 Å². The molecule has 0 amide bonds. The van der Waals surface area contributed by atoms with Gasteiger partial charge in [-0.3, -0.25) is 0 Å². The van der Waals surface area contributed by atoms with E-state index in [1.54, 1.807) is 14.0 Å². The molecule has 0 atom stereocenters. The van der Waals surface area contributed by atoms with Crippen molar-refractivity contribution in [2.45, 2.75) is 6.92 Å². The van der Waals surface area contributed by atoms with Crippen molar-refractivity contribution < 1.29 is 5.11 Å². The second-order valence-corrected chi connectivity index (χ2v) is 2.65. The van der Waals surface area contributed by atoms with Crippen LogP contribution in [-0.2, 0) is 0 Å². The molecule has 0 aliphatic heterocycles. The zero-order valence-corrected chi connectivity index (χ0v) is 7.18. The highest BCUT2D eigenvalue weighted by atomic mass is 16.3. The molecule has 1 aromatic rings. The van der Waals surface area contributed by atoms with Crippen LogP contribution < -0.4 is 16.8 Å². The van der Waals surface area contributed by atoms with Crippen LogP contribution in [0, 0.1) is 6.92 Å². The highest BCUT2D eigenvalue weighted by Crippen LogP contribution is 2.34. The number of hydrogen-bond donors (Lipinski definition) is 4. The molecule has 0 saturated carbocycles. The fraction of sp³-hybridized carbons (Fsp3) is 0.250. The summed E-state index contributed by atoms with van der Waals surface area (Å²) in [6.45, 7) is 1.77. The maximum atomic E-state index is 9.32. The predicted molar refractivity (Wildman–Crippen MR) is 51.2 cm³/mol. The lowest BCUT2D eigenvalue weighted by Crippen LogP contribution is -2.01. The van der Waals surface area contributed by atoms with Gasteiger partial charge < -0.3 is 21.9 Å². The summed E-state index contributed by atoms with van der Waals surface area (Å²) in [5.41, 5.74) is 13.6. The van der Waals surface area contributed by atoms with Gasteiger partial charge in [-0.15, -0.1) is 0 Å². The standard InChI is InChI=1S/C8H13N3O/c1-4-7(9)5(11-2)3-6(12)8(4)10/h3,11-12H,9-10H2,1-2H3. The van der Waals surface area contributed by atoms with Crippen molar-refractivity contribution in [1.29, 1.82) is 0 Å². The lowest BCUT2D eigenvalue weighted by Gasteiger charge is -2.11. The summed E-state index contributed by atoms with van der Waals surface area (Å²) in [4.78, 5) is 0. The SMILES string of the molecule is CNc1cc(O)c(N)c(C)c1N. The molecule has 0 radical (unpaired) electrons. The van der Waals surface area contributed by atoms with E-state index in [1.165, 1.54) is 6.07 Å². The van der Waals surface area contributed by atoms with Gasteiger partial charge >= 0.3 is 0 Å². The summed E-state index contributed by atoms with van der Waals surface area (Å²) in [5.74, 6) is 0.0612. The van der Waals surface area contributed by atoms with Gasteiger partial charge in [-0.1, -0.05) is 0 Å². The van der Waals surface area contributed by atoms with Gasteiger partial charge in [0.2, 0.25) is 0 Å². The van der Waals surface area contributed by atoms with Gasteiger partial charge in [-0.05, 0) is 6.92 Å². The summed E-state index contributed by atoms with van der Waals surface area (Å²) in [6, 6.07) is 1.51. The molecule has 0 heterocycles. The molecule has 0 aliphatic rings. The normalized spacial score (nSPS) is 9.83. The smallest absolute Gasteiger partial charge is 0.140 e. The third kappa shape index (κ3) is 1.11. The van der Waals surface area contributed by atoms with Gasteiger partial charge in [-0.25, -0.2) is 0 Å². The first-order chi connectivity index (χ1) is 5.57. The molecule has 0 spiro atoms. The van der Waals surface area contributed by atoms with Gasteiger partial charge in [0.25, 0.3) is 0 Å². The number of nitrogens with one attached hydrogen (secondary N) is 1. The first-order valence-corrected chi connectivity index (χ1v) is 3.63. The molecular formula is C8H13N3O. The summed E-state index contributed by atoms with van der Waals surface area (Å²) in [6.07, 6.45) is 0. The van der Waals surface area contributed by atoms with E-state index in [4.69, 9.17) is 11.5 Å². The molecule has 6 N–H and O–H groups in total. The number of phenols is 1. The molecule has 4 nitrogen and oxygen atoms in total. The number of benzene rings is 1. The van der Waals surface area contributed by atoms with Crippen LogP contribution in [0.25, 0.3) is 0 Å². The molecule has 0 unspecified atom stereocenters. The lowest BCUT2D eigenvalue weighted by atomic mass is 10.1. The number of aromatic hydroxyl groups is 1. The van der Waals surface area contributed by atoms with E-state index in [9.17, 15) is 5.11 Å². The van der Waals surface area contributed by atoms with Crippen LogP contribution in [0.4, 0.5) is 17.1 Å². The summed E-state index contributed by atoms with van der Waals surface area (Å²) in [5, 5.41) is 12.2. The molecule has 0 bridgehead atoms. The van der Waals surface area contributed by atoms with E-state index in [2.05, 4.69) is 5.32 Å². The Bertz CT molecular complexity index is 310. The van der Waals surface area contributed by atoms with Gasteiger partial charge in [0.15, 0.2) is 0 Å². The second kappa shape index (κ2) is 2.81. The van der Waals surface area contributed by atoms with Crippen molar-refractivity contribution in [2.24, 2.45) is 0 Å². The minimum Gasteiger partial charge on any atom is -0.506 e. The number of rotatable bonds is 1. The van der Waals surface area contributed by atoms with Crippen molar-refractivity contribution in [3.05, 3.63) is 11.6 Å². The Morgan fingerprint density at radius 2 is 1.92 bits per heavy atom. The van der Waals surface area contributed by atoms with Gasteiger partial charge in [0, 0.05) is 18.7 Å². The Morgan fingerprint density at radius 1 is 1.33 bits per heavy atom. The minimum atomic E-state index is 0.0612. The van der Waals surface area contributed by atoms with E-state index >= 15 is 0 Å². The quantitative estimate of drug-likeness (QED) is 0.284. The van der Waals surface area contributed by atoms with Gasteiger partial charge in [0.1, 0.15) is 5.75 Å². The van der Waals surface area contributed by atoms with E-state index in [1.807, 2.05) is 0 Å². The number of hydrogen-bond acceptors (Lipinski definition) is 4. The monoisotopic (exact) mass is 167 g/mol. The number of nitrogens with two attached hydrogens (primary N) is 2. The van der Waals surface area contributed by atoms with E-state index in [-0.39, 0.29) is 5.75 Å². The summed E-state index contributed by atoms with van der Waals surface area (Å²) < 4.78 is 0. The van der Waals surface area contributed by atoms with Crippen molar-refractivity contribution in [2.75, 3.05) is 23.8 Å². The number of nitrogen functional groups attached to an aromatic ring is 2. The maximum Gasteiger partial charge on any atom is 0.140 e. The fourth-order valence-corrected chi connectivity index (χ4v) is 1.04. The zero-order chi connectivity index (χ0) is 9.30. The average Bonchev–Trinajstić information content (AvgIpc) is 2.08. The minimum absolute atomic E-state index is 0.0612. The molecule has 12 heavy (non-hydrogen) atoms. The molecule has 0 fully saturated rings. The third-order valence-corrected chi connectivity index (χ3v) is 1.92. The molecule has 1 rings (SSSR count). The van der Waals surface area contributed by atoms with Crippen LogP contribution in [0.3, 0.4) is 0 Å². The topological polar surface area (TPSA) is 84.3 Å². The molecule has 0 saturated heterocycles. The molecule has 66 valence electrons. The first-order valence-electron chi connectivity index (χ1n) is 3.63. The van der Waals surface area contributed by atoms with Crippen molar-refractivity contribution in [1.82, 2.24) is 0 Å². The molecular weight excluding hydrogens is 154 g/mol. The third-order valence-electron chi connectivity index (χ3n) is 1.92. The first kappa shape index (κ1) is 8.52. The van der Waals surface area contributed by atoms with E-state index in [0.717, 1.165) is 0 Å². The Labute approximate surface area is 71.2 Å². The summed E-state index contributed by atoms with van der Waals surface area (Å²) in [7, 11) is 1.74. The van der Waals surface area contributed by atoms with Crippen LogP contribution >= 0.6 is 0 Å². The Morgan fingerprint density at radius 3 is 2.42 bits per heavy atom. The highest BCUT2D eigenvalue weighted by molar-refractivity contribution is 5.80. The molecule has 0 aromatic heterocycles. The van der Waals surface area contributed by atoms with Crippen LogP contribution in [0.15, 0.2) is 6.07 Å². The summed E-state index contributed by atoms with van der Waals surface area (Å²) >= 11 is 0. The zero-order valence-electron chi connectivity index (χ0n) is 7.18. The Balaban J connectivity index is 3.39. The van der Waals surface area contributed by atoms with Crippen molar-refractivity contribution in [3.8, 4) is 5.75 Å².